The third-order valence-electron chi connectivity index (χ3n) is 5.19. The van der Waals surface area contributed by atoms with Gasteiger partial charge in [0.1, 0.15) is 5.82 Å². The third-order valence-corrected chi connectivity index (χ3v) is 6.38. The van der Waals surface area contributed by atoms with E-state index in [0.717, 1.165) is 0 Å². The van der Waals surface area contributed by atoms with Gasteiger partial charge in [-0.25, -0.2) is 18.5 Å². The molecule has 3 N–H and O–H groups in total. The zero-order valence-electron chi connectivity index (χ0n) is 18.2. The van der Waals surface area contributed by atoms with Gasteiger partial charge in [-0.3, -0.25) is 14.6 Å². The lowest BCUT2D eigenvalue weighted by Gasteiger charge is -2.10. The topological polar surface area (TPSA) is 132 Å². The number of nitrogens with zero attached hydrogens (tertiary/aromatic N) is 2. The molecule has 2 heterocycles. The van der Waals surface area contributed by atoms with E-state index in [1.54, 1.807) is 60.7 Å². The van der Waals surface area contributed by atoms with Gasteiger partial charge in [-0.1, -0.05) is 61.5 Å². The van der Waals surface area contributed by atoms with Crippen LogP contribution in [0.4, 0.5) is 5.82 Å². The van der Waals surface area contributed by atoms with Gasteiger partial charge < -0.3 is 5.32 Å². The number of amides is 1. The zero-order valence-corrected chi connectivity index (χ0v) is 19.8. The molecule has 4 rings (SSSR count). The molecule has 0 aliphatic heterocycles. The monoisotopic (exact) mass is 522 g/mol. The van der Waals surface area contributed by atoms with Crippen LogP contribution in [0.3, 0.4) is 0 Å². The molecule has 1 amide bonds. The number of hydrogen-bond acceptors (Lipinski definition) is 6. The highest BCUT2D eigenvalue weighted by atomic mass is 35.5. The number of ketones is 1. The average molecular weight is 523 g/mol. The molecule has 36 heavy (non-hydrogen) atoms. The summed E-state index contributed by atoms with van der Waals surface area (Å²) >= 11 is 5.82. The summed E-state index contributed by atoms with van der Waals surface area (Å²) in [5.74, 6) is -0.359. The van der Waals surface area contributed by atoms with Crippen LogP contribution >= 0.6 is 11.6 Å². The first-order valence-electron chi connectivity index (χ1n) is 10.3. The van der Waals surface area contributed by atoms with Crippen molar-refractivity contribution in [3.8, 4) is 11.1 Å². The lowest BCUT2D eigenvalue weighted by molar-refractivity contribution is 0.0992. The molecule has 0 saturated carbocycles. The first-order chi connectivity index (χ1) is 16.7. The third kappa shape index (κ3) is 6.19. The lowest BCUT2D eigenvalue weighted by atomic mass is 9.97. The fraction of sp³-hybridized carbons (Fsp3) is 0.0769. The number of anilines is 1. The summed E-state index contributed by atoms with van der Waals surface area (Å²) in [6.45, 7) is 0. The van der Waals surface area contributed by atoms with Gasteiger partial charge in [0.05, 0.1) is 15.5 Å². The number of Topliss-reactive ketones (excluding diaryl/α,β-unsaturated/α-hetero) is 1. The van der Waals surface area contributed by atoms with Gasteiger partial charge in [-0.15, -0.1) is 0 Å². The van der Waals surface area contributed by atoms with Crippen LogP contribution in [0.5, 0.6) is 0 Å². The van der Waals surface area contributed by atoms with E-state index >= 15 is 0 Å². The van der Waals surface area contributed by atoms with Crippen LogP contribution in [0, 0.1) is 0 Å². The molecule has 2 aromatic carbocycles. The van der Waals surface area contributed by atoms with Crippen molar-refractivity contribution in [3.63, 3.8) is 0 Å². The summed E-state index contributed by atoms with van der Waals surface area (Å²) < 4.78 is 23.8. The van der Waals surface area contributed by atoms with Crippen molar-refractivity contribution in [3.05, 3.63) is 107 Å². The smallest absolute Gasteiger partial charge is 0.258 e. The highest BCUT2D eigenvalue weighted by Gasteiger charge is 2.18. The van der Waals surface area contributed by atoms with Gasteiger partial charge in [0.15, 0.2) is 5.78 Å². The standard InChI is InChI=1S/C25H19ClN4O4S.CH4/c26-19-9-10-24(29-14-19)30-25(32)21-15-28-12-11-18(21)13-22(31)17-7-5-16(6-8-17)20-3-1-2-4-23(20)35(27,33)34;/h1-12,14-15H,13H2,(H2,27,33,34)(H,29,30,32);1H4. The molecule has 184 valence electrons. The Hall–Kier alpha value is -3.92. The SMILES string of the molecule is C.NS(=O)(=O)c1ccccc1-c1ccc(C(=O)Cc2ccncc2C(=O)Nc2ccc(Cl)cn2)cc1. The number of aromatic nitrogens is 2. The first-order valence-corrected chi connectivity index (χ1v) is 12.3. The van der Waals surface area contributed by atoms with Gasteiger partial charge in [0.2, 0.25) is 10.0 Å². The fourth-order valence-corrected chi connectivity index (χ4v) is 4.35. The second kappa shape index (κ2) is 11.2. The predicted molar refractivity (Wildman–Crippen MR) is 139 cm³/mol. The Bertz CT molecular complexity index is 1510. The molecule has 0 bridgehead atoms. The zero-order chi connectivity index (χ0) is 25.0. The molecule has 10 heteroatoms. The number of hydrogen-bond donors (Lipinski definition) is 2. The number of carbonyl (C=O) groups is 2. The molecule has 0 aliphatic carbocycles. The molecule has 8 nitrogen and oxygen atoms in total. The van der Waals surface area contributed by atoms with E-state index in [9.17, 15) is 18.0 Å². The maximum atomic E-state index is 13.0. The van der Waals surface area contributed by atoms with Crippen molar-refractivity contribution in [2.45, 2.75) is 18.7 Å². The minimum atomic E-state index is -3.91. The number of pyridine rings is 2. The Morgan fingerprint density at radius 1 is 0.944 bits per heavy atom. The average Bonchev–Trinajstić information content (AvgIpc) is 2.85. The number of rotatable bonds is 7. The normalized spacial score (nSPS) is 10.8. The van der Waals surface area contributed by atoms with E-state index in [1.807, 2.05) is 0 Å². The fourth-order valence-electron chi connectivity index (χ4n) is 3.48. The number of halogens is 1. The van der Waals surface area contributed by atoms with E-state index in [4.69, 9.17) is 16.7 Å². The maximum Gasteiger partial charge on any atom is 0.258 e. The molecule has 0 aliphatic rings. The van der Waals surface area contributed by atoms with Gasteiger partial charge in [-0.05, 0) is 35.4 Å². The van der Waals surface area contributed by atoms with E-state index in [-0.39, 0.29) is 30.1 Å². The Morgan fingerprint density at radius 2 is 1.67 bits per heavy atom. The molecule has 0 saturated heterocycles. The van der Waals surface area contributed by atoms with E-state index in [2.05, 4.69) is 15.3 Å². The summed E-state index contributed by atoms with van der Waals surface area (Å²) in [7, 11) is -3.91. The quantitative estimate of drug-likeness (QED) is 0.336. The van der Waals surface area contributed by atoms with Gasteiger partial charge in [0.25, 0.3) is 5.91 Å². The van der Waals surface area contributed by atoms with E-state index < -0.39 is 15.9 Å². The van der Waals surface area contributed by atoms with Gasteiger partial charge in [0, 0.05) is 36.1 Å². The van der Waals surface area contributed by atoms with Crippen LogP contribution in [-0.4, -0.2) is 30.1 Å². The largest absolute Gasteiger partial charge is 0.307 e. The van der Waals surface area contributed by atoms with Crippen LogP contribution in [0.15, 0.2) is 90.2 Å². The number of primary sulfonamides is 1. The first kappa shape index (κ1) is 26.7. The maximum absolute atomic E-state index is 13.0. The Morgan fingerprint density at radius 3 is 2.33 bits per heavy atom. The van der Waals surface area contributed by atoms with Crippen LogP contribution in [0.1, 0.15) is 33.7 Å². The number of nitrogens with one attached hydrogen (secondary N) is 1. The molecular weight excluding hydrogens is 500 g/mol. The Kier molecular flexibility index (Phi) is 8.31. The highest BCUT2D eigenvalue weighted by Crippen LogP contribution is 2.27. The molecule has 4 aromatic rings. The van der Waals surface area contributed by atoms with Crippen LogP contribution < -0.4 is 10.5 Å². The van der Waals surface area contributed by atoms with Gasteiger partial charge in [-0.2, -0.15) is 0 Å². The van der Waals surface area contributed by atoms with Crippen molar-refractivity contribution in [1.29, 1.82) is 0 Å². The summed E-state index contributed by atoms with van der Waals surface area (Å²) in [5, 5.41) is 8.43. The minimum Gasteiger partial charge on any atom is -0.307 e. The molecular formula is C26H23ClN4O4S. The Balaban J connectivity index is 0.00000361. The Labute approximate surface area is 214 Å². The summed E-state index contributed by atoms with van der Waals surface area (Å²) in [4.78, 5) is 33.8. The van der Waals surface area contributed by atoms with E-state index in [0.29, 0.717) is 33.1 Å². The van der Waals surface area contributed by atoms with Crippen molar-refractivity contribution in [2.75, 3.05) is 5.32 Å². The van der Waals surface area contributed by atoms with Crippen molar-refractivity contribution in [1.82, 2.24) is 9.97 Å². The number of benzene rings is 2. The van der Waals surface area contributed by atoms with Gasteiger partial charge >= 0.3 is 0 Å². The van der Waals surface area contributed by atoms with Crippen LogP contribution in [-0.2, 0) is 16.4 Å². The van der Waals surface area contributed by atoms with Crippen molar-refractivity contribution in [2.24, 2.45) is 5.14 Å². The van der Waals surface area contributed by atoms with Crippen molar-refractivity contribution < 1.29 is 18.0 Å². The molecule has 0 radical (unpaired) electrons. The molecule has 0 atom stereocenters. The number of carbonyl (C=O) groups excluding carboxylic acids is 2. The number of sulfonamides is 1. The minimum absolute atomic E-state index is 0. The summed E-state index contributed by atoms with van der Waals surface area (Å²) in [5.41, 5.74) is 2.20. The summed E-state index contributed by atoms with van der Waals surface area (Å²) in [6.07, 6.45) is 4.27. The molecule has 0 spiro atoms. The molecule has 0 fully saturated rings. The second-order valence-corrected chi connectivity index (χ2v) is 9.53. The van der Waals surface area contributed by atoms with E-state index in [1.165, 1.54) is 24.7 Å². The summed E-state index contributed by atoms with van der Waals surface area (Å²) in [6, 6.07) is 17.7. The molecule has 0 unspecified atom stereocenters. The van der Waals surface area contributed by atoms with Crippen LogP contribution in [0.25, 0.3) is 11.1 Å². The lowest BCUT2D eigenvalue weighted by Crippen LogP contribution is -2.17. The van der Waals surface area contributed by atoms with Crippen molar-refractivity contribution >= 4 is 39.1 Å². The molecule has 2 aromatic heterocycles. The second-order valence-electron chi connectivity index (χ2n) is 7.57. The van der Waals surface area contributed by atoms with Crippen LogP contribution in [0.2, 0.25) is 5.02 Å². The predicted octanol–water partition coefficient (Wildman–Crippen LogP) is 4.76. The number of nitrogens with two attached hydrogens (primary N) is 1. The highest BCUT2D eigenvalue weighted by molar-refractivity contribution is 7.89.